The molecule has 3 aromatic carbocycles. The van der Waals surface area contributed by atoms with Crippen LogP contribution in [0.4, 0.5) is 8.78 Å². The van der Waals surface area contributed by atoms with Crippen LogP contribution in [-0.4, -0.2) is 25.4 Å². The number of fused-ring (bicyclic) bond motifs is 1. The minimum atomic E-state index is -5.41. The monoisotopic (exact) mass is 456 g/mol. The van der Waals surface area contributed by atoms with Crippen LogP contribution >= 0.6 is 0 Å². The highest BCUT2D eigenvalue weighted by Crippen LogP contribution is 2.52. The van der Waals surface area contributed by atoms with Crippen LogP contribution in [0.2, 0.25) is 0 Å². The number of sulfone groups is 1. The van der Waals surface area contributed by atoms with Crippen LogP contribution in [0.3, 0.4) is 0 Å². The Balaban J connectivity index is 1.82. The summed E-state index contributed by atoms with van der Waals surface area (Å²) in [6.07, 6.45) is -0.783. The molecule has 1 aliphatic rings. The van der Waals surface area contributed by atoms with Crippen molar-refractivity contribution in [3.05, 3.63) is 102 Å². The second-order valence-electron chi connectivity index (χ2n) is 7.46. The first kappa shape index (κ1) is 21.8. The van der Waals surface area contributed by atoms with Gasteiger partial charge in [0.05, 0.1) is 4.90 Å². The summed E-state index contributed by atoms with van der Waals surface area (Å²) >= 11 is 0. The number of ether oxygens (including phenoxy) is 1. The lowest BCUT2D eigenvalue weighted by atomic mass is 9.83. The number of hydrogen-bond acceptors (Lipinski definition) is 5. The molecule has 1 unspecified atom stereocenters. The van der Waals surface area contributed by atoms with E-state index >= 15 is 8.78 Å². The largest absolute Gasteiger partial charge is 0.460 e. The fourth-order valence-corrected chi connectivity index (χ4v) is 5.35. The molecular formula is C24H18F2O5S. The molecule has 0 fully saturated rings. The fraction of sp³-hybridized carbons (Fsp3) is 0.167. The Bertz CT molecular complexity index is 1270. The van der Waals surface area contributed by atoms with Gasteiger partial charge in [-0.05, 0) is 23.3 Å². The van der Waals surface area contributed by atoms with Gasteiger partial charge in [0, 0.05) is 12.0 Å². The van der Waals surface area contributed by atoms with Crippen molar-refractivity contribution >= 4 is 21.6 Å². The molecule has 3 aromatic rings. The molecule has 0 spiro atoms. The Kier molecular flexibility index (Phi) is 5.42. The average Bonchev–Trinajstić information content (AvgIpc) is 3.12. The number of hydrogen-bond donors (Lipinski definition) is 0. The Morgan fingerprint density at radius 1 is 0.906 bits per heavy atom. The van der Waals surface area contributed by atoms with Crippen LogP contribution < -0.4 is 0 Å². The van der Waals surface area contributed by atoms with Crippen LogP contribution in [-0.2, 0) is 32.4 Å². The third-order valence-corrected chi connectivity index (χ3v) is 7.47. The predicted octanol–water partition coefficient (Wildman–Crippen LogP) is 4.22. The average molecular weight is 456 g/mol. The maximum atomic E-state index is 15.9. The molecule has 0 heterocycles. The first-order chi connectivity index (χ1) is 15.2. The molecule has 0 N–H and O–H groups in total. The molecule has 0 aliphatic heterocycles. The van der Waals surface area contributed by atoms with Crippen molar-refractivity contribution in [1.82, 2.24) is 0 Å². The van der Waals surface area contributed by atoms with E-state index in [1.54, 1.807) is 30.3 Å². The maximum absolute atomic E-state index is 15.9. The minimum absolute atomic E-state index is 0.118. The predicted molar refractivity (Wildman–Crippen MR) is 112 cm³/mol. The molecule has 32 heavy (non-hydrogen) atoms. The number of alkyl halides is 2. The van der Waals surface area contributed by atoms with E-state index in [9.17, 15) is 18.0 Å². The van der Waals surface area contributed by atoms with E-state index in [-0.39, 0.29) is 17.7 Å². The van der Waals surface area contributed by atoms with Crippen LogP contribution in [0.15, 0.2) is 89.8 Å². The highest BCUT2D eigenvalue weighted by Gasteiger charge is 2.74. The molecule has 1 atom stereocenters. The van der Waals surface area contributed by atoms with Crippen molar-refractivity contribution in [2.75, 3.05) is 0 Å². The number of carbonyl (C=O) groups excluding carboxylic acids is 2. The molecule has 5 nitrogen and oxygen atoms in total. The summed E-state index contributed by atoms with van der Waals surface area (Å²) in [6, 6.07) is 20.1. The van der Waals surface area contributed by atoms with Crippen molar-refractivity contribution in [3.63, 3.8) is 0 Å². The zero-order chi connectivity index (χ0) is 23.0. The summed E-state index contributed by atoms with van der Waals surface area (Å²) in [4.78, 5) is 25.7. The van der Waals surface area contributed by atoms with E-state index in [0.29, 0.717) is 5.56 Å². The van der Waals surface area contributed by atoms with Gasteiger partial charge in [-0.2, -0.15) is 8.78 Å². The molecule has 0 bridgehead atoms. The molecule has 164 valence electrons. The molecule has 0 saturated heterocycles. The Labute approximate surface area is 183 Å². The third-order valence-electron chi connectivity index (χ3n) is 5.55. The number of benzene rings is 3. The normalized spacial score (nSPS) is 18.2. The number of halogens is 2. The van der Waals surface area contributed by atoms with E-state index in [1.807, 2.05) is 0 Å². The van der Waals surface area contributed by atoms with Gasteiger partial charge < -0.3 is 4.74 Å². The van der Waals surface area contributed by atoms with E-state index in [1.165, 1.54) is 42.5 Å². The molecule has 0 aromatic heterocycles. The molecule has 4 rings (SSSR count). The highest BCUT2D eigenvalue weighted by atomic mass is 32.2. The van der Waals surface area contributed by atoms with E-state index in [4.69, 9.17) is 4.74 Å². The highest BCUT2D eigenvalue weighted by molar-refractivity contribution is 7.92. The summed E-state index contributed by atoms with van der Waals surface area (Å²) < 4.78 is 63.0. The number of carbonyl (C=O) groups is 2. The second-order valence-corrected chi connectivity index (χ2v) is 9.45. The summed E-state index contributed by atoms with van der Waals surface area (Å²) in [7, 11) is -5.41. The number of ketones is 1. The Morgan fingerprint density at radius 2 is 1.47 bits per heavy atom. The molecule has 0 saturated carbocycles. The van der Waals surface area contributed by atoms with Crippen molar-refractivity contribution in [2.45, 2.75) is 23.2 Å². The van der Waals surface area contributed by atoms with Gasteiger partial charge in [0.1, 0.15) is 6.61 Å². The molecule has 8 heteroatoms. The van der Waals surface area contributed by atoms with Gasteiger partial charge >= 0.3 is 11.2 Å². The number of rotatable bonds is 6. The lowest BCUT2D eigenvalue weighted by Gasteiger charge is -2.33. The lowest BCUT2D eigenvalue weighted by molar-refractivity contribution is -0.165. The second kappa shape index (κ2) is 7.94. The van der Waals surface area contributed by atoms with Gasteiger partial charge in [-0.25, -0.2) is 8.42 Å². The zero-order valence-corrected chi connectivity index (χ0v) is 17.5. The fourth-order valence-electron chi connectivity index (χ4n) is 3.83. The SMILES string of the molecule is O=C(OCc1ccccc1)C1(C(F)(F)S(=O)(=O)c2ccccc2)Cc2ccccc2C1=O. The van der Waals surface area contributed by atoms with Gasteiger partial charge in [0.25, 0.3) is 0 Å². The first-order valence-corrected chi connectivity index (χ1v) is 11.2. The van der Waals surface area contributed by atoms with Crippen LogP contribution in [0.25, 0.3) is 0 Å². The van der Waals surface area contributed by atoms with Crippen LogP contribution in [0.1, 0.15) is 21.5 Å². The smallest absolute Gasteiger partial charge is 0.373 e. The van der Waals surface area contributed by atoms with Crippen LogP contribution in [0, 0.1) is 5.41 Å². The van der Waals surface area contributed by atoms with Gasteiger partial charge in [-0.15, -0.1) is 0 Å². The van der Waals surface area contributed by atoms with E-state index < -0.39 is 43.6 Å². The van der Waals surface area contributed by atoms with Gasteiger partial charge in [0.15, 0.2) is 5.78 Å². The van der Waals surface area contributed by atoms with Gasteiger partial charge in [0.2, 0.25) is 15.3 Å². The maximum Gasteiger partial charge on any atom is 0.373 e. The van der Waals surface area contributed by atoms with Gasteiger partial charge in [-0.3, -0.25) is 9.59 Å². The molecule has 1 aliphatic carbocycles. The van der Waals surface area contributed by atoms with Crippen molar-refractivity contribution in [2.24, 2.45) is 5.41 Å². The number of Topliss-reactive ketones (excluding diaryl/α,β-unsaturated/α-hetero) is 1. The topological polar surface area (TPSA) is 77.5 Å². The summed E-state index contributed by atoms with van der Waals surface area (Å²) in [5, 5.41) is -4.76. The van der Waals surface area contributed by atoms with E-state index in [0.717, 1.165) is 12.1 Å². The molecular weight excluding hydrogens is 438 g/mol. The lowest BCUT2D eigenvalue weighted by Crippen LogP contribution is -2.56. The minimum Gasteiger partial charge on any atom is -0.460 e. The zero-order valence-electron chi connectivity index (χ0n) is 16.7. The summed E-state index contributed by atoms with van der Waals surface area (Å²) in [5.41, 5.74) is -2.68. The van der Waals surface area contributed by atoms with Crippen LogP contribution in [0.5, 0.6) is 0 Å². The van der Waals surface area contributed by atoms with Crippen molar-refractivity contribution in [1.29, 1.82) is 0 Å². The first-order valence-electron chi connectivity index (χ1n) is 9.73. The number of esters is 1. The molecule has 0 radical (unpaired) electrons. The Hall–Kier alpha value is -3.39. The quantitative estimate of drug-likeness (QED) is 0.410. The summed E-state index contributed by atoms with van der Waals surface area (Å²) in [5.74, 6) is -2.84. The van der Waals surface area contributed by atoms with E-state index in [2.05, 4.69) is 0 Å². The van der Waals surface area contributed by atoms with Crippen molar-refractivity contribution < 1.29 is 31.5 Å². The van der Waals surface area contributed by atoms with Gasteiger partial charge in [-0.1, -0.05) is 72.8 Å². The van der Waals surface area contributed by atoms with Crippen molar-refractivity contribution in [3.8, 4) is 0 Å². The third kappa shape index (κ3) is 3.22. The summed E-state index contributed by atoms with van der Waals surface area (Å²) in [6.45, 7) is -0.382. The Morgan fingerprint density at radius 3 is 2.09 bits per heavy atom. The standard InChI is InChI=1S/C24H18F2O5S/c25-24(26,32(29,30)19-12-5-2-6-13-19)23(15-18-11-7-8-14-20(18)21(23)27)22(28)31-16-17-9-3-1-4-10-17/h1-14H,15-16H2. The molecule has 0 amide bonds.